The fourth-order valence-corrected chi connectivity index (χ4v) is 4.24. The van der Waals surface area contributed by atoms with E-state index in [2.05, 4.69) is 60.2 Å². The van der Waals surface area contributed by atoms with Crippen molar-refractivity contribution in [3.8, 4) is 16.9 Å². The fourth-order valence-electron chi connectivity index (χ4n) is 4.24. The van der Waals surface area contributed by atoms with Gasteiger partial charge >= 0.3 is 0 Å². The van der Waals surface area contributed by atoms with Crippen LogP contribution in [0.1, 0.15) is 48.7 Å². The molecule has 1 saturated heterocycles. The molecule has 4 rings (SSSR count). The Morgan fingerprint density at radius 1 is 1.05 bits per heavy atom. The topological polar surface area (TPSA) is 89.7 Å². The molecule has 0 saturated carbocycles. The summed E-state index contributed by atoms with van der Waals surface area (Å²) in [4.78, 5) is 19.2. The summed E-state index contributed by atoms with van der Waals surface area (Å²) in [6, 6.07) is 17.8. The van der Waals surface area contributed by atoms with E-state index in [0.717, 1.165) is 56.0 Å². The highest BCUT2D eigenvalue weighted by molar-refractivity contribution is 5.94. The normalized spacial score (nSPS) is 14.4. The van der Waals surface area contributed by atoms with Crippen LogP contribution < -0.4 is 15.8 Å². The molecule has 0 unspecified atom stereocenters. The Morgan fingerprint density at radius 3 is 2.43 bits per heavy atom. The number of rotatable bonds is 9. The first kappa shape index (κ1) is 26.6. The molecule has 0 aliphatic carbocycles. The first-order valence-corrected chi connectivity index (χ1v) is 13.0. The highest BCUT2D eigenvalue weighted by Crippen LogP contribution is 2.28. The van der Waals surface area contributed by atoms with Gasteiger partial charge in [-0.3, -0.25) is 9.69 Å². The van der Waals surface area contributed by atoms with E-state index in [9.17, 15) is 4.79 Å². The standard InChI is InChI=1S/C30H38N4O3/c1-30(2,3)26-11-5-22(6-12-26)21-37-27-19-25(20-33-28(27)31)23-7-9-24(10-8-23)29(35)32-13-4-14-34-15-17-36-18-16-34/h5-12,19-20H,4,13-18,21H2,1-3H3,(H2,31,33)(H,32,35). The van der Waals surface area contributed by atoms with Crippen LogP contribution in [0.4, 0.5) is 5.82 Å². The number of hydrogen-bond acceptors (Lipinski definition) is 6. The highest BCUT2D eigenvalue weighted by atomic mass is 16.5. The van der Waals surface area contributed by atoms with Crippen LogP contribution in [0.2, 0.25) is 0 Å². The minimum Gasteiger partial charge on any atom is -0.485 e. The molecule has 1 aliphatic heterocycles. The monoisotopic (exact) mass is 502 g/mol. The molecule has 0 radical (unpaired) electrons. The summed E-state index contributed by atoms with van der Waals surface area (Å²) in [5.74, 6) is 0.827. The predicted octanol–water partition coefficient (Wildman–Crippen LogP) is 4.66. The van der Waals surface area contributed by atoms with Crippen LogP contribution in [0.3, 0.4) is 0 Å². The van der Waals surface area contributed by atoms with Crippen molar-refractivity contribution >= 4 is 11.7 Å². The van der Waals surface area contributed by atoms with E-state index in [1.54, 1.807) is 6.20 Å². The predicted molar refractivity (Wildman–Crippen MR) is 148 cm³/mol. The van der Waals surface area contributed by atoms with Gasteiger partial charge in [-0.2, -0.15) is 0 Å². The fraction of sp³-hybridized carbons (Fsp3) is 0.400. The number of morpholine rings is 1. The number of aromatic nitrogens is 1. The Kier molecular flexibility index (Phi) is 8.79. The van der Waals surface area contributed by atoms with Crippen molar-refractivity contribution in [2.75, 3.05) is 45.1 Å². The lowest BCUT2D eigenvalue weighted by Gasteiger charge is -2.26. The van der Waals surface area contributed by atoms with E-state index >= 15 is 0 Å². The van der Waals surface area contributed by atoms with Gasteiger partial charge < -0.3 is 20.5 Å². The summed E-state index contributed by atoms with van der Waals surface area (Å²) in [5, 5.41) is 3.01. The van der Waals surface area contributed by atoms with Gasteiger partial charge in [0, 0.05) is 37.0 Å². The van der Waals surface area contributed by atoms with E-state index in [1.807, 2.05) is 30.3 Å². The minimum absolute atomic E-state index is 0.0644. The smallest absolute Gasteiger partial charge is 0.251 e. The number of carbonyl (C=O) groups excluding carboxylic acids is 1. The van der Waals surface area contributed by atoms with Crippen molar-refractivity contribution in [1.29, 1.82) is 0 Å². The van der Waals surface area contributed by atoms with Crippen LogP contribution in [0.25, 0.3) is 11.1 Å². The SMILES string of the molecule is CC(C)(C)c1ccc(COc2cc(-c3ccc(C(=O)NCCCN4CCOCC4)cc3)cnc2N)cc1. The molecule has 2 heterocycles. The molecular formula is C30H38N4O3. The third kappa shape index (κ3) is 7.54. The quantitative estimate of drug-likeness (QED) is 0.414. The molecule has 7 nitrogen and oxygen atoms in total. The molecule has 0 bridgehead atoms. The van der Waals surface area contributed by atoms with Crippen LogP contribution in [-0.4, -0.2) is 55.2 Å². The van der Waals surface area contributed by atoms with Crippen molar-refractivity contribution in [2.24, 2.45) is 0 Å². The molecule has 1 amide bonds. The third-order valence-electron chi connectivity index (χ3n) is 6.62. The summed E-state index contributed by atoms with van der Waals surface area (Å²) < 4.78 is 11.4. The molecule has 7 heteroatoms. The molecule has 0 atom stereocenters. The zero-order valence-electron chi connectivity index (χ0n) is 22.1. The molecule has 3 N–H and O–H groups in total. The largest absolute Gasteiger partial charge is 0.485 e. The maximum atomic E-state index is 12.5. The molecular weight excluding hydrogens is 464 g/mol. The maximum Gasteiger partial charge on any atom is 0.251 e. The highest BCUT2D eigenvalue weighted by Gasteiger charge is 2.14. The first-order chi connectivity index (χ1) is 17.8. The number of amides is 1. The van der Waals surface area contributed by atoms with Gasteiger partial charge in [-0.15, -0.1) is 0 Å². The third-order valence-corrected chi connectivity index (χ3v) is 6.62. The Hall–Kier alpha value is -3.42. The number of ether oxygens (including phenoxy) is 2. The van der Waals surface area contributed by atoms with Crippen LogP contribution in [0, 0.1) is 0 Å². The molecule has 0 spiro atoms. The number of benzene rings is 2. The summed E-state index contributed by atoms with van der Waals surface area (Å²) in [7, 11) is 0. The zero-order chi connectivity index (χ0) is 26.3. The molecule has 1 fully saturated rings. The summed E-state index contributed by atoms with van der Waals surface area (Å²) in [5.41, 5.74) is 11.0. The summed E-state index contributed by atoms with van der Waals surface area (Å²) in [6.07, 6.45) is 2.64. The van der Waals surface area contributed by atoms with Crippen LogP contribution in [0.5, 0.6) is 5.75 Å². The minimum atomic E-state index is -0.0644. The number of anilines is 1. The van der Waals surface area contributed by atoms with Gasteiger partial charge in [-0.1, -0.05) is 57.2 Å². The molecule has 196 valence electrons. The van der Waals surface area contributed by atoms with Crippen molar-refractivity contribution in [2.45, 2.75) is 39.2 Å². The summed E-state index contributed by atoms with van der Waals surface area (Å²) >= 11 is 0. The Bertz CT molecular complexity index is 1160. The Morgan fingerprint density at radius 2 is 1.76 bits per heavy atom. The Labute approximate surface area is 220 Å². The number of nitrogens with zero attached hydrogens (tertiary/aromatic N) is 2. The van der Waals surface area contributed by atoms with E-state index in [4.69, 9.17) is 15.2 Å². The Balaban J connectivity index is 1.31. The first-order valence-electron chi connectivity index (χ1n) is 13.0. The average Bonchev–Trinajstić information content (AvgIpc) is 2.91. The van der Waals surface area contributed by atoms with Gasteiger partial charge in [0.25, 0.3) is 5.91 Å². The average molecular weight is 503 g/mol. The van der Waals surface area contributed by atoms with Crippen LogP contribution in [0.15, 0.2) is 60.8 Å². The number of hydrogen-bond donors (Lipinski definition) is 2. The van der Waals surface area contributed by atoms with Crippen molar-refractivity contribution in [1.82, 2.24) is 15.2 Å². The van der Waals surface area contributed by atoms with Crippen molar-refractivity contribution < 1.29 is 14.3 Å². The zero-order valence-corrected chi connectivity index (χ0v) is 22.1. The van der Waals surface area contributed by atoms with Crippen molar-refractivity contribution in [3.63, 3.8) is 0 Å². The molecule has 3 aromatic rings. The van der Waals surface area contributed by atoms with E-state index < -0.39 is 0 Å². The van der Waals surface area contributed by atoms with Gasteiger partial charge in [0.1, 0.15) is 6.61 Å². The second kappa shape index (κ2) is 12.2. The lowest BCUT2D eigenvalue weighted by Crippen LogP contribution is -2.38. The number of nitrogens with one attached hydrogen (secondary N) is 1. The van der Waals surface area contributed by atoms with E-state index in [0.29, 0.717) is 30.3 Å². The van der Waals surface area contributed by atoms with Gasteiger partial charge in [-0.05, 0) is 53.3 Å². The summed E-state index contributed by atoms with van der Waals surface area (Å²) in [6.45, 7) is 12.1. The number of nitrogen functional groups attached to an aromatic ring is 1. The second-order valence-electron chi connectivity index (χ2n) is 10.5. The second-order valence-corrected chi connectivity index (χ2v) is 10.5. The number of nitrogens with two attached hydrogens (primary N) is 1. The molecule has 2 aromatic carbocycles. The molecule has 37 heavy (non-hydrogen) atoms. The molecule has 1 aromatic heterocycles. The van der Waals surface area contributed by atoms with Crippen LogP contribution >= 0.6 is 0 Å². The van der Waals surface area contributed by atoms with E-state index in [1.165, 1.54) is 5.56 Å². The lowest BCUT2D eigenvalue weighted by atomic mass is 9.87. The maximum absolute atomic E-state index is 12.5. The van der Waals surface area contributed by atoms with Gasteiger partial charge in [0.15, 0.2) is 11.6 Å². The number of pyridine rings is 1. The molecule has 1 aliphatic rings. The van der Waals surface area contributed by atoms with Gasteiger partial charge in [0.2, 0.25) is 0 Å². The van der Waals surface area contributed by atoms with Crippen molar-refractivity contribution in [3.05, 3.63) is 77.5 Å². The lowest BCUT2D eigenvalue weighted by molar-refractivity contribution is 0.0374. The van der Waals surface area contributed by atoms with Gasteiger partial charge in [-0.25, -0.2) is 4.98 Å². The van der Waals surface area contributed by atoms with Gasteiger partial charge in [0.05, 0.1) is 13.2 Å². The van der Waals surface area contributed by atoms with Crippen LogP contribution in [-0.2, 0) is 16.8 Å². The van der Waals surface area contributed by atoms with E-state index in [-0.39, 0.29) is 11.3 Å². The number of carbonyl (C=O) groups is 1.